The van der Waals surface area contributed by atoms with Crippen molar-refractivity contribution in [3.8, 4) is 0 Å². The SMILES string of the molecule is CC(C)(C)[Si](C)(C)OCc1cc([N+](=O)[O-])ccc1Cl. The molecule has 0 aromatic heterocycles. The highest BCUT2D eigenvalue weighted by atomic mass is 35.5. The molecule has 0 atom stereocenters. The predicted octanol–water partition coefficient (Wildman–Crippen LogP) is 4.77. The second-order valence-electron chi connectivity index (χ2n) is 6.08. The quantitative estimate of drug-likeness (QED) is 0.457. The van der Waals surface area contributed by atoms with E-state index < -0.39 is 13.2 Å². The minimum absolute atomic E-state index is 0.0400. The molecule has 0 radical (unpaired) electrons. The van der Waals surface area contributed by atoms with Gasteiger partial charge in [0.15, 0.2) is 8.32 Å². The third-order valence-electron chi connectivity index (χ3n) is 3.63. The maximum atomic E-state index is 10.8. The molecule has 0 heterocycles. The molecule has 1 aromatic rings. The molecule has 1 rings (SSSR count). The molecule has 0 aliphatic carbocycles. The van der Waals surface area contributed by atoms with Gasteiger partial charge >= 0.3 is 0 Å². The summed E-state index contributed by atoms with van der Waals surface area (Å²) in [5.74, 6) is 0. The summed E-state index contributed by atoms with van der Waals surface area (Å²) in [5, 5.41) is 11.4. The van der Waals surface area contributed by atoms with Crippen LogP contribution >= 0.6 is 11.6 Å². The van der Waals surface area contributed by atoms with Crippen LogP contribution in [-0.2, 0) is 11.0 Å². The number of non-ortho nitro benzene ring substituents is 1. The standard InChI is InChI=1S/C13H20ClNO3Si/c1-13(2,3)19(4,5)18-9-10-8-11(15(16)17)6-7-12(10)14/h6-8H,9H2,1-5H3. The van der Waals surface area contributed by atoms with Crippen LogP contribution in [0.2, 0.25) is 23.2 Å². The van der Waals surface area contributed by atoms with Crippen molar-refractivity contribution in [3.63, 3.8) is 0 Å². The zero-order valence-corrected chi connectivity index (χ0v) is 13.7. The zero-order valence-electron chi connectivity index (χ0n) is 12.0. The van der Waals surface area contributed by atoms with E-state index in [0.717, 1.165) is 0 Å². The number of rotatable bonds is 4. The van der Waals surface area contributed by atoms with Crippen molar-refractivity contribution in [3.05, 3.63) is 38.9 Å². The first-order chi connectivity index (χ1) is 8.54. The van der Waals surface area contributed by atoms with E-state index in [1.165, 1.54) is 12.1 Å². The first kappa shape index (κ1) is 16.1. The average molecular weight is 302 g/mol. The Labute approximate surface area is 120 Å². The molecule has 4 nitrogen and oxygen atoms in total. The van der Waals surface area contributed by atoms with Gasteiger partial charge in [-0.25, -0.2) is 0 Å². The number of hydrogen-bond donors (Lipinski definition) is 0. The molecule has 19 heavy (non-hydrogen) atoms. The van der Waals surface area contributed by atoms with Gasteiger partial charge in [-0.15, -0.1) is 0 Å². The van der Waals surface area contributed by atoms with Crippen LogP contribution in [-0.4, -0.2) is 13.2 Å². The van der Waals surface area contributed by atoms with Crippen molar-refractivity contribution < 1.29 is 9.35 Å². The third kappa shape index (κ3) is 4.02. The summed E-state index contributed by atoms with van der Waals surface area (Å²) in [5.41, 5.74) is 0.707. The fourth-order valence-corrected chi connectivity index (χ4v) is 2.38. The van der Waals surface area contributed by atoms with E-state index in [2.05, 4.69) is 33.9 Å². The van der Waals surface area contributed by atoms with Gasteiger partial charge in [-0.3, -0.25) is 10.1 Å². The summed E-state index contributed by atoms with van der Waals surface area (Å²) in [4.78, 5) is 10.3. The zero-order chi connectivity index (χ0) is 14.8. The Morgan fingerprint density at radius 3 is 2.42 bits per heavy atom. The van der Waals surface area contributed by atoms with Gasteiger partial charge in [-0.05, 0) is 24.2 Å². The van der Waals surface area contributed by atoms with Crippen molar-refractivity contribution in [1.29, 1.82) is 0 Å². The monoisotopic (exact) mass is 301 g/mol. The van der Waals surface area contributed by atoms with Gasteiger partial charge in [0, 0.05) is 22.7 Å². The fraction of sp³-hybridized carbons (Fsp3) is 0.538. The lowest BCUT2D eigenvalue weighted by Gasteiger charge is -2.36. The number of nitro groups is 1. The molecule has 0 aliphatic heterocycles. The van der Waals surface area contributed by atoms with Crippen molar-refractivity contribution in [2.45, 2.75) is 45.5 Å². The van der Waals surface area contributed by atoms with E-state index in [-0.39, 0.29) is 10.7 Å². The van der Waals surface area contributed by atoms with Crippen LogP contribution in [0.4, 0.5) is 5.69 Å². The van der Waals surface area contributed by atoms with E-state index in [1.807, 2.05) is 0 Å². The Balaban J connectivity index is 2.89. The van der Waals surface area contributed by atoms with E-state index in [0.29, 0.717) is 17.2 Å². The van der Waals surface area contributed by atoms with Crippen LogP contribution in [0.3, 0.4) is 0 Å². The topological polar surface area (TPSA) is 52.4 Å². The molecule has 106 valence electrons. The summed E-state index contributed by atoms with van der Waals surface area (Å²) >= 11 is 6.06. The van der Waals surface area contributed by atoms with Gasteiger partial charge in [0.05, 0.1) is 11.5 Å². The molecular weight excluding hydrogens is 282 g/mol. The van der Waals surface area contributed by atoms with E-state index in [9.17, 15) is 10.1 Å². The maximum Gasteiger partial charge on any atom is 0.269 e. The average Bonchev–Trinajstić information content (AvgIpc) is 2.26. The molecule has 0 amide bonds. The minimum atomic E-state index is -1.88. The highest BCUT2D eigenvalue weighted by molar-refractivity contribution is 6.74. The number of halogens is 1. The number of nitrogens with zero attached hydrogens (tertiary/aromatic N) is 1. The van der Waals surface area contributed by atoms with Crippen LogP contribution < -0.4 is 0 Å². The first-order valence-electron chi connectivity index (χ1n) is 6.11. The Kier molecular flexibility index (Phi) is 4.76. The normalized spacial score (nSPS) is 12.5. The Bertz CT molecular complexity index is 483. The highest BCUT2D eigenvalue weighted by Crippen LogP contribution is 2.37. The molecule has 0 saturated carbocycles. The number of nitro benzene ring substituents is 1. The first-order valence-corrected chi connectivity index (χ1v) is 9.40. The maximum absolute atomic E-state index is 10.8. The van der Waals surface area contributed by atoms with Gasteiger partial charge in [0.1, 0.15) is 0 Å². The lowest BCUT2D eigenvalue weighted by Crippen LogP contribution is -2.40. The molecule has 0 saturated heterocycles. The van der Waals surface area contributed by atoms with Crippen molar-refractivity contribution in [2.75, 3.05) is 0 Å². The fourth-order valence-electron chi connectivity index (χ4n) is 1.26. The second kappa shape index (κ2) is 5.61. The van der Waals surface area contributed by atoms with Crippen molar-refractivity contribution >= 4 is 25.6 Å². The number of benzene rings is 1. The van der Waals surface area contributed by atoms with Gasteiger partial charge in [-0.1, -0.05) is 32.4 Å². The van der Waals surface area contributed by atoms with E-state index >= 15 is 0 Å². The smallest absolute Gasteiger partial charge is 0.269 e. The highest BCUT2D eigenvalue weighted by Gasteiger charge is 2.37. The van der Waals surface area contributed by atoms with Crippen molar-refractivity contribution in [1.82, 2.24) is 0 Å². The summed E-state index contributed by atoms with van der Waals surface area (Å²) in [6, 6.07) is 4.43. The molecule has 0 bridgehead atoms. The van der Waals surface area contributed by atoms with Gasteiger partial charge in [-0.2, -0.15) is 0 Å². The lowest BCUT2D eigenvalue weighted by atomic mass is 10.2. The van der Waals surface area contributed by atoms with Crippen LogP contribution in [0.1, 0.15) is 26.3 Å². The lowest BCUT2D eigenvalue weighted by molar-refractivity contribution is -0.384. The van der Waals surface area contributed by atoms with Gasteiger partial charge < -0.3 is 4.43 Å². The largest absolute Gasteiger partial charge is 0.413 e. The summed E-state index contributed by atoms with van der Waals surface area (Å²) < 4.78 is 6.03. The minimum Gasteiger partial charge on any atom is -0.413 e. The Hall–Kier alpha value is -0.913. The number of hydrogen-bond acceptors (Lipinski definition) is 3. The predicted molar refractivity (Wildman–Crippen MR) is 80.1 cm³/mol. The van der Waals surface area contributed by atoms with E-state index in [1.54, 1.807) is 6.07 Å². The Morgan fingerprint density at radius 2 is 1.95 bits per heavy atom. The van der Waals surface area contributed by atoms with Crippen LogP contribution in [0.25, 0.3) is 0 Å². The summed E-state index contributed by atoms with van der Waals surface area (Å²) in [6.45, 7) is 11.0. The molecule has 0 spiro atoms. The summed E-state index contributed by atoms with van der Waals surface area (Å²) in [6.07, 6.45) is 0. The Morgan fingerprint density at radius 1 is 1.37 bits per heavy atom. The summed E-state index contributed by atoms with van der Waals surface area (Å²) in [7, 11) is -1.88. The van der Waals surface area contributed by atoms with Crippen LogP contribution in [0.5, 0.6) is 0 Å². The van der Waals surface area contributed by atoms with Gasteiger partial charge in [0.25, 0.3) is 5.69 Å². The third-order valence-corrected chi connectivity index (χ3v) is 8.48. The van der Waals surface area contributed by atoms with Gasteiger partial charge in [0.2, 0.25) is 0 Å². The molecule has 0 unspecified atom stereocenters. The van der Waals surface area contributed by atoms with Crippen LogP contribution in [0.15, 0.2) is 18.2 Å². The van der Waals surface area contributed by atoms with E-state index in [4.69, 9.17) is 16.0 Å². The molecular formula is C13H20ClNO3Si. The molecule has 0 aliphatic rings. The molecule has 1 aromatic carbocycles. The molecule has 0 fully saturated rings. The molecule has 0 N–H and O–H groups in total. The molecule has 6 heteroatoms. The van der Waals surface area contributed by atoms with Crippen LogP contribution in [0, 0.1) is 10.1 Å². The second-order valence-corrected chi connectivity index (χ2v) is 11.3. The van der Waals surface area contributed by atoms with Crippen molar-refractivity contribution in [2.24, 2.45) is 0 Å².